The minimum atomic E-state index is -1.57. The maximum absolute atomic E-state index is 12.4. The van der Waals surface area contributed by atoms with E-state index in [1.807, 2.05) is 56.3 Å². The van der Waals surface area contributed by atoms with Gasteiger partial charge in [0.15, 0.2) is 5.60 Å². The molecule has 31 heavy (non-hydrogen) atoms. The van der Waals surface area contributed by atoms with Gasteiger partial charge in [0.25, 0.3) is 0 Å². The summed E-state index contributed by atoms with van der Waals surface area (Å²) >= 11 is 0. The lowest BCUT2D eigenvalue weighted by atomic mass is 9.57. The molecule has 2 fully saturated rings. The minimum Gasteiger partial charge on any atom is -0.460 e. The number of carbonyl (C=O) groups is 1. The summed E-state index contributed by atoms with van der Waals surface area (Å²) in [5, 5.41) is 20.5. The number of allylic oxidation sites excluding steroid dienone is 1. The van der Waals surface area contributed by atoms with Crippen LogP contribution < -0.4 is 5.73 Å². The SMILES string of the molecule is CC1OC(=O)C2(O)CC(C)(N)C(C)C(C=Cc3ccc(-c4ccccc4C#N)cn3)C12. The largest absolute Gasteiger partial charge is 0.460 e. The van der Waals surface area contributed by atoms with Gasteiger partial charge in [0.05, 0.1) is 17.3 Å². The molecule has 0 spiro atoms. The second-order valence-electron chi connectivity index (χ2n) is 9.10. The third-order valence-corrected chi connectivity index (χ3v) is 7.02. The van der Waals surface area contributed by atoms with Gasteiger partial charge in [-0.15, -0.1) is 0 Å². The van der Waals surface area contributed by atoms with Gasteiger partial charge in [-0.3, -0.25) is 4.98 Å². The number of esters is 1. The van der Waals surface area contributed by atoms with Crippen LogP contribution in [0, 0.1) is 29.1 Å². The predicted octanol–water partition coefficient (Wildman–Crippen LogP) is 3.30. The average molecular weight is 418 g/mol. The number of rotatable bonds is 3. The predicted molar refractivity (Wildman–Crippen MR) is 117 cm³/mol. The van der Waals surface area contributed by atoms with Crippen molar-refractivity contribution in [2.45, 2.75) is 44.4 Å². The van der Waals surface area contributed by atoms with Gasteiger partial charge >= 0.3 is 5.97 Å². The Morgan fingerprint density at radius 3 is 2.71 bits per heavy atom. The number of cyclic esters (lactones) is 1. The topological polar surface area (TPSA) is 109 Å². The van der Waals surface area contributed by atoms with Gasteiger partial charge in [0.2, 0.25) is 0 Å². The van der Waals surface area contributed by atoms with Crippen molar-refractivity contribution in [2.24, 2.45) is 23.5 Å². The molecule has 6 atom stereocenters. The normalized spacial score (nSPS) is 34.9. The summed E-state index contributed by atoms with van der Waals surface area (Å²) in [6, 6.07) is 13.4. The molecular formula is C25H27N3O3. The van der Waals surface area contributed by atoms with Crippen molar-refractivity contribution in [1.29, 1.82) is 5.26 Å². The molecule has 1 aromatic carbocycles. The van der Waals surface area contributed by atoms with Crippen molar-refractivity contribution in [3.05, 3.63) is 59.9 Å². The number of hydrogen-bond donors (Lipinski definition) is 2. The van der Waals surface area contributed by atoms with E-state index in [2.05, 4.69) is 18.0 Å². The molecule has 0 radical (unpaired) electrons. The highest BCUT2D eigenvalue weighted by atomic mass is 16.6. The molecule has 2 aliphatic rings. The Kier molecular flexibility index (Phi) is 5.20. The zero-order chi connectivity index (χ0) is 22.4. The van der Waals surface area contributed by atoms with Crippen LogP contribution in [0.5, 0.6) is 0 Å². The maximum Gasteiger partial charge on any atom is 0.338 e. The first-order valence-electron chi connectivity index (χ1n) is 10.5. The molecule has 6 unspecified atom stereocenters. The Bertz CT molecular complexity index is 1070. The molecular weight excluding hydrogens is 390 g/mol. The van der Waals surface area contributed by atoms with Crippen LogP contribution in [0.4, 0.5) is 0 Å². The zero-order valence-corrected chi connectivity index (χ0v) is 17.9. The zero-order valence-electron chi connectivity index (χ0n) is 17.9. The van der Waals surface area contributed by atoms with E-state index in [1.165, 1.54) is 0 Å². The standard InChI is InChI=1S/C25H27N3O3/c1-15-20(22-16(2)31-23(29)25(22,30)14-24(15,3)27)11-10-19-9-8-18(13-28-19)21-7-5-4-6-17(21)12-26/h4-11,13,15-16,20,22,30H,14,27H2,1-3H3. The van der Waals surface area contributed by atoms with E-state index >= 15 is 0 Å². The summed E-state index contributed by atoms with van der Waals surface area (Å²) in [6.07, 6.45) is 5.44. The number of nitrogens with two attached hydrogens (primary N) is 1. The molecule has 1 aliphatic heterocycles. The van der Waals surface area contributed by atoms with Crippen LogP contribution in [-0.4, -0.2) is 33.3 Å². The highest BCUT2D eigenvalue weighted by molar-refractivity contribution is 5.83. The minimum absolute atomic E-state index is 0.0350. The summed E-state index contributed by atoms with van der Waals surface area (Å²) in [7, 11) is 0. The number of nitrogens with zero attached hydrogens (tertiary/aromatic N) is 2. The lowest BCUT2D eigenvalue weighted by molar-refractivity contribution is -0.161. The highest BCUT2D eigenvalue weighted by Gasteiger charge is 2.64. The van der Waals surface area contributed by atoms with Crippen LogP contribution in [0.25, 0.3) is 17.2 Å². The number of fused-ring (bicyclic) bond motifs is 1. The van der Waals surface area contributed by atoms with Gasteiger partial charge in [-0.05, 0) is 43.9 Å². The van der Waals surface area contributed by atoms with Crippen molar-refractivity contribution >= 4 is 12.0 Å². The lowest BCUT2D eigenvalue weighted by Gasteiger charge is -2.49. The molecule has 1 aromatic heterocycles. The first-order valence-corrected chi connectivity index (χ1v) is 10.5. The molecule has 0 bridgehead atoms. The molecule has 1 saturated heterocycles. The summed E-state index contributed by atoms with van der Waals surface area (Å²) in [5.74, 6) is -1.04. The van der Waals surface area contributed by atoms with Gasteiger partial charge < -0.3 is 15.6 Å². The van der Waals surface area contributed by atoms with E-state index in [1.54, 1.807) is 12.3 Å². The maximum atomic E-state index is 12.4. The Hall–Kier alpha value is -3.01. The van der Waals surface area contributed by atoms with Crippen molar-refractivity contribution < 1.29 is 14.6 Å². The Morgan fingerprint density at radius 1 is 1.29 bits per heavy atom. The molecule has 2 aromatic rings. The smallest absolute Gasteiger partial charge is 0.338 e. The number of carbonyl (C=O) groups excluding carboxylic acids is 1. The van der Waals surface area contributed by atoms with Crippen molar-refractivity contribution in [2.75, 3.05) is 0 Å². The molecule has 160 valence electrons. The summed E-state index contributed by atoms with van der Waals surface area (Å²) in [6.45, 7) is 5.76. The van der Waals surface area contributed by atoms with Gasteiger partial charge in [0, 0.05) is 35.2 Å². The first-order chi connectivity index (χ1) is 14.7. The fraction of sp³-hybridized carbons (Fsp3) is 0.400. The van der Waals surface area contributed by atoms with Crippen molar-refractivity contribution in [3.8, 4) is 17.2 Å². The highest BCUT2D eigenvalue weighted by Crippen LogP contribution is 2.52. The van der Waals surface area contributed by atoms with Crippen LogP contribution in [0.3, 0.4) is 0 Å². The number of aliphatic hydroxyl groups is 1. The van der Waals surface area contributed by atoms with Crippen molar-refractivity contribution in [1.82, 2.24) is 4.98 Å². The number of benzene rings is 1. The molecule has 6 nitrogen and oxygen atoms in total. The fourth-order valence-electron chi connectivity index (χ4n) is 5.17. The molecule has 2 heterocycles. The number of pyridine rings is 1. The fourth-order valence-corrected chi connectivity index (χ4v) is 5.17. The summed E-state index contributed by atoms with van der Waals surface area (Å²) in [4.78, 5) is 16.9. The number of aromatic nitrogens is 1. The Balaban J connectivity index is 1.62. The van der Waals surface area contributed by atoms with E-state index in [0.29, 0.717) is 5.56 Å². The van der Waals surface area contributed by atoms with Gasteiger partial charge in [-0.1, -0.05) is 37.3 Å². The van der Waals surface area contributed by atoms with Gasteiger partial charge in [0.1, 0.15) is 6.10 Å². The quantitative estimate of drug-likeness (QED) is 0.742. The van der Waals surface area contributed by atoms with E-state index in [9.17, 15) is 15.2 Å². The first kappa shape index (κ1) is 21.2. The molecule has 1 saturated carbocycles. The number of ether oxygens (including phenoxy) is 1. The Morgan fingerprint density at radius 2 is 2.03 bits per heavy atom. The second kappa shape index (κ2) is 7.60. The molecule has 3 N–H and O–H groups in total. The third kappa shape index (κ3) is 3.54. The number of nitriles is 1. The molecule has 6 heteroatoms. The van der Waals surface area contributed by atoms with Crippen LogP contribution in [0.2, 0.25) is 0 Å². The van der Waals surface area contributed by atoms with E-state index in [-0.39, 0.29) is 30.3 Å². The third-order valence-electron chi connectivity index (χ3n) is 7.02. The molecule has 4 rings (SSSR count). The molecule has 1 aliphatic carbocycles. The van der Waals surface area contributed by atoms with Crippen LogP contribution in [0.1, 0.15) is 38.4 Å². The van der Waals surface area contributed by atoms with E-state index in [4.69, 9.17) is 10.5 Å². The molecule has 0 amide bonds. The summed E-state index contributed by atoms with van der Waals surface area (Å²) < 4.78 is 5.40. The monoisotopic (exact) mass is 417 g/mol. The van der Waals surface area contributed by atoms with Crippen molar-refractivity contribution in [3.63, 3.8) is 0 Å². The van der Waals surface area contributed by atoms with E-state index in [0.717, 1.165) is 16.8 Å². The van der Waals surface area contributed by atoms with Crippen LogP contribution in [0.15, 0.2) is 48.7 Å². The van der Waals surface area contributed by atoms with Gasteiger partial charge in [-0.2, -0.15) is 5.26 Å². The second-order valence-corrected chi connectivity index (χ2v) is 9.10. The number of hydrogen-bond acceptors (Lipinski definition) is 6. The Labute approximate surface area is 182 Å². The van der Waals surface area contributed by atoms with E-state index < -0.39 is 17.1 Å². The summed E-state index contributed by atoms with van der Waals surface area (Å²) in [5.41, 5.74) is 7.28. The lowest BCUT2D eigenvalue weighted by Crippen LogP contribution is -2.63. The van der Waals surface area contributed by atoms with Gasteiger partial charge in [-0.25, -0.2) is 4.79 Å². The van der Waals surface area contributed by atoms with Crippen LogP contribution >= 0.6 is 0 Å². The van der Waals surface area contributed by atoms with Crippen LogP contribution in [-0.2, 0) is 9.53 Å². The average Bonchev–Trinajstić information content (AvgIpc) is 2.96.